The number of ketones is 1. The summed E-state index contributed by atoms with van der Waals surface area (Å²) in [6.07, 6.45) is 4.21. The zero-order valence-electron chi connectivity index (χ0n) is 14.5. The first kappa shape index (κ1) is 16.7. The molecule has 0 amide bonds. The Balaban J connectivity index is 1.43. The van der Waals surface area contributed by atoms with E-state index in [4.69, 9.17) is 9.47 Å². The third-order valence-electron chi connectivity index (χ3n) is 4.71. The lowest BCUT2D eigenvalue weighted by atomic mass is 10.1. The van der Waals surface area contributed by atoms with Gasteiger partial charge in [0.15, 0.2) is 5.76 Å². The Hall–Kier alpha value is -2.79. The van der Waals surface area contributed by atoms with E-state index in [1.165, 1.54) is 12.8 Å². The second-order valence-electron chi connectivity index (χ2n) is 6.59. The number of allylic oxidation sites excluding steroid dienone is 1. The van der Waals surface area contributed by atoms with Gasteiger partial charge in [0.05, 0.1) is 5.56 Å². The summed E-state index contributed by atoms with van der Waals surface area (Å²) in [5, 5.41) is 9.35. The van der Waals surface area contributed by atoms with Crippen LogP contribution in [0.2, 0.25) is 0 Å². The van der Waals surface area contributed by atoms with Gasteiger partial charge in [-0.1, -0.05) is 12.1 Å². The predicted molar refractivity (Wildman–Crippen MR) is 98.7 cm³/mol. The molecular formula is C21H21NO4. The summed E-state index contributed by atoms with van der Waals surface area (Å²) in [7, 11) is 0. The third kappa shape index (κ3) is 3.58. The topological polar surface area (TPSA) is 59.0 Å². The summed E-state index contributed by atoms with van der Waals surface area (Å²) in [5.74, 6) is 1.56. The molecule has 2 heterocycles. The van der Waals surface area contributed by atoms with E-state index in [1.54, 1.807) is 42.5 Å². The average Bonchev–Trinajstić information content (AvgIpc) is 3.26. The lowest BCUT2D eigenvalue weighted by Crippen LogP contribution is -2.25. The highest BCUT2D eigenvalue weighted by Crippen LogP contribution is 2.35. The van der Waals surface area contributed by atoms with Crippen molar-refractivity contribution in [1.82, 2.24) is 4.90 Å². The molecule has 0 unspecified atom stereocenters. The van der Waals surface area contributed by atoms with Gasteiger partial charge in [-0.2, -0.15) is 0 Å². The third-order valence-corrected chi connectivity index (χ3v) is 4.71. The molecule has 5 heteroatoms. The molecule has 4 rings (SSSR count). The zero-order valence-corrected chi connectivity index (χ0v) is 14.5. The van der Waals surface area contributed by atoms with Gasteiger partial charge in [-0.3, -0.25) is 9.69 Å². The number of phenols is 1. The van der Waals surface area contributed by atoms with Crippen molar-refractivity contribution >= 4 is 11.9 Å². The highest BCUT2D eigenvalue weighted by molar-refractivity contribution is 6.14. The Morgan fingerprint density at radius 2 is 1.88 bits per heavy atom. The van der Waals surface area contributed by atoms with Gasteiger partial charge < -0.3 is 14.6 Å². The molecule has 0 saturated carbocycles. The Morgan fingerprint density at radius 1 is 1.12 bits per heavy atom. The number of nitrogens with zero attached hydrogens (tertiary/aromatic N) is 1. The standard InChI is InChI=1S/C21H21NO4/c23-16-5-3-15(4-6-16)13-20-21(24)18-8-7-17(14-19(18)26-20)25-12-11-22-9-1-2-10-22/h3-8,13-14,23H,1-2,9-12H2/b20-13-. The minimum atomic E-state index is -0.142. The molecule has 134 valence electrons. The van der Waals surface area contributed by atoms with E-state index in [0.717, 1.165) is 25.2 Å². The molecule has 5 nitrogen and oxygen atoms in total. The summed E-state index contributed by atoms with van der Waals surface area (Å²) in [6, 6.07) is 11.9. The second kappa shape index (κ2) is 7.22. The molecule has 0 radical (unpaired) electrons. The zero-order chi connectivity index (χ0) is 17.9. The smallest absolute Gasteiger partial charge is 0.231 e. The van der Waals surface area contributed by atoms with E-state index in [0.29, 0.717) is 23.7 Å². The fourth-order valence-corrected chi connectivity index (χ4v) is 3.28. The number of likely N-dealkylation sites (tertiary alicyclic amines) is 1. The van der Waals surface area contributed by atoms with Crippen molar-refractivity contribution in [2.45, 2.75) is 12.8 Å². The van der Waals surface area contributed by atoms with Crippen molar-refractivity contribution in [3.8, 4) is 17.2 Å². The summed E-state index contributed by atoms with van der Waals surface area (Å²) in [4.78, 5) is 14.9. The summed E-state index contributed by atoms with van der Waals surface area (Å²) in [5.41, 5.74) is 1.34. The maximum absolute atomic E-state index is 12.5. The van der Waals surface area contributed by atoms with Crippen LogP contribution in [0.5, 0.6) is 17.2 Å². The molecule has 2 aromatic carbocycles. The van der Waals surface area contributed by atoms with E-state index in [1.807, 2.05) is 6.07 Å². The molecule has 0 aliphatic carbocycles. The summed E-state index contributed by atoms with van der Waals surface area (Å²) < 4.78 is 11.5. The van der Waals surface area contributed by atoms with Crippen LogP contribution < -0.4 is 9.47 Å². The van der Waals surface area contributed by atoms with Crippen LogP contribution in [0.3, 0.4) is 0 Å². The van der Waals surface area contributed by atoms with Crippen molar-refractivity contribution in [2.75, 3.05) is 26.2 Å². The lowest BCUT2D eigenvalue weighted by Gasteiger charge is -2.15. The molecule has 1 fully saturated rings. The number of ether oxygens (including phenoxy) is 2. The van der Waals surface area contributed by atoms with Crippen molar-refractivity contribution in [2.24, 2.45) is 0 Å². The number of hydrogen-bond acceptors (Lipinski definition) is 5. The van der Waals surface area contributed by atoms with E-state index in [9.17, 15) is 9.90 Å². The Morgan fingerprint density at radius 3 is 2.65 bits per heavy atom. The molecule has 1 saturated heterocycles. The maximum Gasteiger partial charge on any atom is 0.231 e. The van der Waals surface area contributed by atoms with Gasteiger partial charge in [0.2, 0.25) is 5.78 Å². The fraction of sp³-hybridized carbons (Fsp3) is 0.286. The quantitative estimate of drug-likeness (QED) is 0.836. The Labute approximate surface area is 152 Å². The second-order valence-corrected chi connectivity index (χ2v) is 6.59. The maximum atomic E-state index is 12.5. The number of carbonyl (C=O) groups is 1. The highest BCUT2D eigenvalue weighted by atomic mass is 16.5. The van der Waals surface area contributed by atoms with Crippen LogP contribution in [0, 0.1) is 0 Å². The molecule has 0 aromatic heterocycles. The lowest BCUT2D eigenvalue weighted by molar-refractivity contribution is 0.101. The van der Waals surface area contributed by atoms with Crippen LogP contribution in [0.25, 0.3) is 6.08 Å². The summed E-state index contributed by atoms with van der Waals surface area (Å²) >= 11 is 0. The Kier molecular flexibility index (Phi) is 4.63. The molecule has 26 heavy (non-hydrogen) atoms. The van der Waals surface area contributed by atoms with Gasteiger partial charge in [0, 0.05) is 12.6 Å². The SMILES string of the molecule is O=C1/C(=C/c2ccc(O)cc2)Oc2cc(OCCN3CCCC3)ccc21. The highest BCUT2D eigenvalue weighted by Gasteiger charge is 2.27. The number of rotatable bonds is 5. The number of carbonyl (C=O) groups excluding carboxylic acids is 1. The van der Waals surface area contributed by atoms with Crippen LogP contribution in [-0.2, 0) is 0 Å². The monoisotopic (exact) mass is 351 g/mol. The molecule has 0 bridgehead atoms. The number of hydrogen-bond donors (Lipinski definition) is 1. The number of fused-ring (bicyclic) bond motifs is 1. The van der Waals surface area contributed by atoms with Crippen molar-refractivity contribution in [1.29, 1.82) is 0 Å². The van der Waals surface area contributed by atoms with Crippen LogP contribution in [0.4, 0.5) is 0 Å². The van der Waals surface area contributed by atoms with E-state index in [-0.39, 0.29) is 17.3 Å². The molecule has 2 aromatic rings. The minimum Gasteiger partial charge on any atom is -0.508 e. The molecule has 2 aliphatic rings. The van der Waals surface area contributed by atoms with Crippen LogP contribution in [-0.4, -0.2) is 42.0 Å². The average molecular weight is 351 g/mol. The van der Waals surface area contributed by atoms with Crippen LogP contribution in [0.1, 0.15) is 28.8 Å². The van der Waals surface area contributed by atoms with Crippen LogP contribution >= 0.6 is 0 Å². The minimum absolute atomic E-state index is 0.142. The normalized spacial score (nSPS) is 18.2. The first-order valence-electron chi connectivity index (χ1n) is 8.91. The first-order valence-corrected chi connectivity index (χ1v) is 8.91. The number of aromatic hydroxyl groups is 1. The van der Waals surface area contributed by atoms with Gasteiger partial charge in [-0.05, 0) is 61.8 Å². The van der Waals surface area contributed by atoms with Crippen molar-refractivity contribution < 1.29 is 19.4 Å². The summed E-state index contributed by atoms with van der Waals surface area (Å²) in [6.45, 7) is 3.85. The largest absolute Gasteiger partial charge is 0.508 e. The molecule has 0 spiro atoms. The van der Waals surface area contributed by atoms with Gasteiger partial charge in [0.1, 0.15) is 23.9 Å². The number of benzene rings is 2. The van der Waals surface area contributed by atoms with E-state index in [2.05, 4.69) is 4.90 Å². The van der Waals surface area contributed by atoms with E-state index < -0.39 is 0 Å². The van der Waals surface area contributed by atoms with Gasteiger partial charge >= 0.3 is 0 Å². The number of phenolic OH excluding ortho intramolecular Hbond substituents is 1. The van der Waals surface area contributed by atoms with Gasteiger partial charge in [0.25, 0.3) is 0 Å². The molecular weight excluding hydrogens is 330 g/mol. The van der Waals surface area contributed by atoms with Gasteiger partial charge in [-0.25, -0.2) is 0 Å². The Bertz CT molecular complexity index is 836. The number of Topliss-reactive ketones (excluding diaryl/α,β-unsaturated/α-hetero) is 1. The first-order chi connectivity index (χ1) is 12.7. The molecule has 0 atom stereocenters. The van der Waals surface area contributed by atoms with Gasteiger partial charge in [-0.15, -0.1) is 0 Å². The van der Waals surface area contributed by atoms with E-state index >= 15 is 0 Å². The molecule has 1 N–H and O–H groups in total. The molecule has 2 aliphatic heterocycles. The fourth-order valence-electron chi connectivity index (χ4n) is 3.28. The van der Waals surface area contributed by atoms with Crippen molar-refractivity contribution in [3.63, 3.8) is 0 Å². The predicted octanol–water partition coefficient (Wildman–Crippen LogP) is 3.48. The van der Waals surface area contributed by atoms with Crippen LogP contribution in [0.15, 0.2) is 48.2 Å². The van der Waals surface area contributed by atoms with Crippen molar-refractivity contribution in [3.05, 3.63) is 59.4 Å².